The maximum absolute atomic E-state index is 12.6. The number of halogens is 1. The van der Waals surface area contributed by atoms with Crippen molar-refractivity contribution < 1.29 is 9.90 Å². The van der Waals surface area contributed by atoms with Crippen molar-refractivity contribution in [3.63, 3.8) is 0 Å². The highest BCUT2D eigenvalue weighted by Crippen LogP contribution is 2.40. The van der Waals surface area contributed by atoms with Crippen LogP contribution >= 0.6 is 11.6 Å². The quantitative estimate of drug-likeness (QED) is 0.832. The summed E-state index contributed by atoms with van der Waals surface area (Å²) in [4.78, 5) is 18.4. The van der Waals surface area contributed by atoms with E-state index in [0.29, 0.717) is 24.5 Å². The van der Waals surface area contributed by atoms with E-state index in [2.05, 4.69) is 4.98 Å². The Morgan fingerprint density at radius 2 is 2.24 bits per heavy atom. The first-order chi connectivity index (χ1) is 9.99. The van der Waals surface area contributed by atoms with Crippen LogP contribution in [0.2, 0.25) is 5.02 Å². The van der Waals surface area contributed by atoms with Gasteiger partial charge < -0.3 is 15.7 Å². The molecule has 1 saturated heterocycles. The maximum atomic E-state index is 12.6. The van der Waals surface area contributed by atoms with Gasteiger partial charge in [0.2, 0.25) is 0 Å². The van der Waals surface area contributed by atoms with Gasteiger partial charge in [0, 0.05) is 19.0 Å². The van der Waals surface area contributed by atoms with Gasteiger partial charge in [-0.05, 0) is 31.4 Å². The number of likely N-dealkylation sites (tertiary alicyclic amines) is 1. The summed E-state index contributed by atoms with van der Waals surface area (Å²) in [6, 6.07) is 3.17. The van der Waals surface area contributed by atoms with Crippen LogP contribution in [-0.2, 0) is 0 Å². The lowest BCUT2D eigenvalue weighted by Crippen LogP contribution is -2.54. The summed E-state index contributed by atoms with van der Waals surface area (Å²) in [5, 5.41) is 11.0. The Hall–Kier alpha value is -1.33. The third-order valence-electron chi connectivity index (χ3n) is 4.78. The number of carbonyl (C=O) groups excluding carboxylic acids is 1. The number of hydrogen-bond acceptors (Lipinski definition) is 4. The van der Waals surface area contributed by atoms with Gasteiger partial charge >= 0.3 is 0 Å². The third kappa shape index (κ3) is 2.72. The second-order valence-electron chi connectivity index (χ2n) is 6.11. The number of nitrogen functional groups attached to an aromatic ring is 1. The third-order valence-corrected chi connectivity index (χ3v) is 5.09. The predicted molar refractivity (Wildman–Crippen MR) is 81.1 cm³/mol. The molecule has 2 aliphatic rings. The molecule has 0 spiro atoms. The zero-order chi connectivity index (χ0) is 15.0. The number of fused-ring (bicyclic) bond motifs is 1. The van der Waals surface area contributed by atoms with E-state index in [1.807, 2.05) is 0 Å². The fourth-order valence-electron chi connectivity index (χ4n) is 3.51. The lowest BCUT2D eigenvalue weighted by molar-refractivity contribution is -0.0886. The lowest BCUT2D eigenvalue weighted by atomic mass is 9.71. The van der Waals surface area contributed by atoms with Crippen molar-refractivity contribution in [3.8, 4) is 0 Å². The minimum absolute atomic E-state index is 0.156. The average Bonchev–Trinajstić information content (AvgIpc) is 2.48. The first kappa shape index (κ1) is 14.6. The van der Waals surface area contributed by atoms with Crippen LogP contribution in [-0.4, -0.2) is 39.6 Å². The molecule has 3 N–H and O–H groups in total. The zero-order valence-electron chi connectivity index (χ0n) is 11.9. The van der Waals surface area contributed by atoms with Gasteiger partial charge in [0.25, 0.3) is 5.91 Å². The molecule has 0 radical (unpaired) electrons. The summed E-state index contributed by atoms with van der Waals surface area (Å²) in [6.07, 6.45) is 4.63. The van der Waals surface area contributed by atoms with E-state index in [1.54, 1.807) is 17.0 Å². The Morgan fingerprint density at radius 3 is 3.05 bits per heavy atom. The van der Waals surface area contributed by atoms with E-state index in [4.69, 9.17) is 17.3 Å². The van der Waals surface area contributed by atoms with Gasteiger partial charge in [-0.25, -0.2) is 4.98 Å². The molecule has 114 valence electrons. The number of nitrogens with zero attached hydrogens (tertiary/aromatic N) is 2. The molecule has 1 aromatic heterocycles. The number of aliphatic hydroxyl groups is 1. The fraction of sp³-hybridized carbons (Fsp3) is 0.600. The molecule has 5 nitrogen and oxygen atoms in total. The van der Waals surface area contributed by atoms with Crippen LogP contribution in [0.25, 0.3) is 0 Å². The van der Waals surface area contributed by atoms with Crippen molar-refractivity contribution in [2.75, 3.05) is 18.8 Å². The fourth-order valence-corrected chi connectivity index (χ4v) is 3.70. The number of carbonyl (C=O) groups is 1. The molecule has 3 rings (SSSR count). The zero-order valence-corrected chi connectivity index (χ0v) is 12.6. The summed E-state index contributed by atoms with van der Waals surface area (Å²) in [5.41, 5.74) is 5.25. The molecule has 2 heterocycles. The molecule has 1 aromatic rings. The van der Waals surface area contributed by atoms with Gasteiger partial charge in [-0.2, -0.15) is 0 Å². The van der Waals surface area contributed by atoms with Gasteiger partial charge in [0.15, 0.2) is 0 Å². The summed E-state index contributed by atoms with van der Waals surface area (Å²) in [5.74, 6) is 0.248. The summed E-state index contributed by atoms with van der Waals surface area (Å²) < 4.78 is 0. The molecule has 21 heavy (non-hydrogen) atoms. The van der Waals surface area contributed by atoms with Crippen molar-refractivity contribution in [1.29, 1.82) is 0 Å². The minimum Gasteiger partial charge on any atom is -0.389 e. The molecule has 2 unspecified atom stereocenters. The van der Waals surface area contributed by atoms with Gasteiger partial charge in [-0.15, -0.1) is 0 Å². The molecule has 2 fully saturated rings. The van der Waals surface area contributed by atoms with Crippen LogP contribution in [0.15, 0.2) is 12.1 Å². The Morgan fingerprint density at radius 1 is 1.43 bits per heavy atom. The monoisotopic (exact) mass is 309 g/mol. The summed E-state index contributed by atoms with van der Waals surface area (Å²) in [7, 11) is 0. The Bertz CT molecular complexity index is 566. The topological polar surface area (TPSA) is 79.5 Å². The van der Waals surface area contributed by atoms with E-state index in [9.17, 15) is 9.90 Å². The number of hydrogen-bond donors (Lipinski definition) is 2. The van der Waals surface area contributed by atoms with E-state index >= 15 is 0 Å². The first-order valence-electron chi connectivity index (χ1n) is 7.43. The maximum Gasteiger partial charge on any atom is 0.274 e. The Kier molecular flexibility index (Phi) is 3.80. The molecule has 2 atom stereocenters. The normalized spacial score (nSPS) is 29.0. The molecule has 0 aromatic carbocycles. The number of pyridine rings is 1. The van der Waals surface area contributed by atoms with Crippen molar-refractivity contribution in [1.82, 2.24) is 9.88 Å². The van der Waals surface area contributed by atoms with Crippen molar-refractivity contribution in [3.05, 3.63) is 22.8 Å². The average molecular weight is 310 g/mol. The van der Waals surface area contributed by atoms with Crippen LogP contribution in [0, 0.1) is 5.92 Å². The van der Waals surface area contributed by atoms with Gasteiger partial charge in [0.05, 0.1) is 10.6 Å². The molecular formula is C15H20ClN3O2. The molecular weight excluding hydrogens is 290 g/mol. The minimum atomic E-state index is -0.595. The largest absolute Gasteiger partial charge is 0.389 e. The number of anilines is 1. The highest BCUT2D eigenvalue weighted by molar-refractivity contribution is 6.33. The smallest absolute Gasteiger partial charge is 0.274 e. The second-order valence-corrected chi connectivity index (χ2v) is 6.52. The van der Waals surface area contributed by atoms with Gasteiger partial charge in [-0.3, -0.25) is 4.79 Å². The number of nitrogens with two attached hydrogens (primary N) is 1. The van der Waals surface area contributed by atoms with Crippen LogP contribution in [0.3, 0.4) is 0 Å². The number of amides is 1. The molecule has 1 aliphatic heterocycles. The van der Waals surface area contributed by atoms with E-state index in [1.165, 1.54) is 0 Å². The van der Waals surface area contributed by atoms with Crippen molar-refractivity contribution in [2.24, 2.45) is 5.92 Å². The summed E-state index contributed by atoms with van der Waals surface area (Å²) in [6.45, 7) is 1.11. The Balaban J connectivity index is 1.79. The SMILES string of the molecule is Nc1ccc(Cl)c(C(=O)N2CCC3(O)CCCCC3C2)n1. The molecule has 1 amide bonds. The lowest BCUT2D eigenvalue weighted by Gasteiger charge is -2.47. The summed E-state index contributed by atoms with van der Waals surface area (Å²) >= 11 is 6.06. The van der Waals surface area contributed by atoms with Gasteiger partial charge in [-0.1, -0.05) is 24.4 Å². The molecule has 0 bridgehead atoms. The van der Waals surface area contributed by atoms with Gasteiger partial charge in [0.1, 0.15) is 11.5 Å². The highest BCUT2D eigenvalue weighted by atomic mass is 35.5. The van der Waals surface area contributed by atoms with Crippen LogP contribution in [0.5, 0.6) is 0 Å². The van der Waals surface area contributed by atoms with Crippen LogP contribution in [0.1, 0.15) is 42.6 Å². The van der Waals surface area contributed by atoms with Crippen LogP contribution in [0.4, 0.5) is 5.82 Å². The highest BCUT2D eigenvalue weighted by Gasteiger charge is 2.44. The first-order valence-corrected chi connectivity index (χ1v) is 7.81. The standard InChI is InChI=1S/C15H20ClN3O2/c16-11-4-5-12(17)18-13(11)14(20)19-8-7-15(21)6-2-1-3-10(15)9-19/h4-5,10,21H,1-3,6-9H2,(H2,17,18). The Labute approximate surface area is 129 Å². The number of rotatable bonds is 1. The molecule has 1 saturated carbocycles. The number of aromatic nitrogens is 1. The van der Waals surface area contributed by atoms with E-state index in [-0.39, 0.29) is 23.3 Å². The predicted octanol–water partition coefficient (Wildman–Crippen LogP) is 2.08. The molecule has 1 aliphatic carbocycles. The van der Waals surface area contributed by atoms with Crippen molar-refractivity contribution >= 4 is 23.3 Å². The molecule has 6 heteroatoms. The van der Waals surface area contributed by atoms with Crippen LogP contribution < -0.4 is 5.73 Å². The second kappa shape index (κ2) is 5.46. The number of piperidine rings is 1. The van der Waals surface area contributed by atoms with E-state index in [0.717, 1.165) is 25.7 Å². The van der Waals surface area contributed by atoms with Crippen molar-refractivity contribution in [2.45, 2.75) is 37.7 Å². The van der Waals surface area contributed by atoms with E-state index < -0.39 is 5.60 Å².